The topological polar surface area (TPSA) is 23.5 Å². The van der Waals surface area contributed by atoms with Crippen molar-refractivity contribution in [1.29, 1.82) is 0 Å². The lowest BCUT2D eigenvalue weighted by atomic mass is 9.83. The summed E-state index contributed by atoms with van der Waals surface area (Å²) in [5.74, 6) is 0. The summed E-state index contributed by atoms with van der Waals surface area (Å²) in [6.07, 6.45) is 2.87. The van der Waals surface area contributed by atoms with Crippen LogP contribution in [0.1, 0.15) is 31.7 Å². The summed E-state index contributed by atoms with van der Waals surface area (Å²) >= 11 is 0. The summed E-state index contributed by atoms with van der Waals surface area (Å²) in [5, 5.41) is 13.4. The van der Waals surface area contributed by atoms with Crippen molar-refractivity contribution in [3.63, 3.8) is 0 Å². The van der Waals surface area contributed by atoms with E-state index in [1.807, 2.05) is 0 Å². The Morgan fingerprint density at radius 3 is 2.45 bits per heavy atom. The van der Waals surface area contributed by atoms with Crippen LogP contribution >= 0.6 is 0 Å². The fourth-order valence-corrected chi connectivity index (χ4v) is 3.23. The van der Waals surface area contributed by atoms with Gasteiger partial charge in [0, 0.05) is 13.1 Å². The molecule has 0 aromatic heterocycles. The van der Waals surface area contributed by atoms with Crippen LogP contribution in [0, 0.1) is 0 Å². The lowest BCUT2D eigenvalue weighted by molar-refractivity contribution is -0.0256. The number of hydrogen-bond acceptors (Lipinski definition) is 2. The van der Waals surface area contributed by atoms with Crippen molar-refractivity contribution in [3.05, 3.63) is 48.0 Å². The van der Waals surface area contributed by atoms with E-state index in [0.29, 0.717) is 0 Å². The van der Waals surface area contributed by atoms with E-state index in [1.165, 1.54) is 17.2 Å². The van der Waals surface area contributed by atoms with Crippen LogP contribution in [0.25, 0.3) is 10.8 Å². The number of aliphatic hydroxyl groups is 1. The number of likely N-dealkylation sites (tertiary alicyclic amines) is 1. The number of piperidine rings is 1. The van der Waals surface area contributed by atoms with Gasteiger partial charge in [-0.2, -0.15) is 0 Å². The number of fused-ring (bicyclic) bond motifs is 1. The summed E-state index contributed by atoms with van der Waals surface area (Å²) in [4.78, 5) is 2.45. The molecule has 0 amide bonds. The van der Waals surface area contributed by atoms with Gasteiger partial charge in [0.15, 0.2) is 0 Å². The second-order valence-corrected chi connectivity index (χ2v) is 5.94. The molecule has 0 atom stereocenters. The van der Waals surface area contributed by atoms with Crippen LogP contribution in [0.5, 0.6) is 0 Å². The molecule has 2 aromatic carbocycles. The average Bonchev–Trinajstić information content (AvgIpc) is 2.49. The van der Waals surface area contributed by atoms with Crippen LogP contribution < -0.4 is 0 Å². The standard InChI is InChI=1S/C18H23NO/c1-2-11-19-12-9-18(20,10-13-19)17-8-7-15-5-3-4-6-16(15)14-17/h3-8,14,20H,2,9-13H2,1H3. The van der Waals surface area contributed by atoms with Crippen LogP contribution in [-0.4, -0.2) is 29.6 Å². The molecule has 0 bridgehead atoms. The molecule has 1 heterocycles. The number of nitrogens with zero attached hydrogens (tertiary/aromatic N) is 1. The molecule has 0 radical (unpaired) electrons. The number of rotatable bonds is 3. The zero-order valence-electron chi connectivity index (χ0n) is 12.2. The lowest BCUT2D eigenvalue weighted by Crippen LogP contribution is -2.42. The number of benzene rings is 2. The highest BCUT2D eigenvalue weighted by Crippen LogP contribution is 2.34. The molecule has 2 nitrogen and oxygen atoms in total. The first-order valence-electron chi connectivity index (χ1n) is 7.65. The summed E-state index contributed by atoms with van der Waals surface area (Å²) in [5.41, 5.74) is 0.432. The van der Waals surface area contributed by atoms with Crippen molar-refractivity contribution in [1.82, 2.24) is 4.90 Å². The highest BCUT2D eigenvalue weighted by Gasteiger charge is 2.33. The Morgan fingerprint density at radius 2 is 1.75 bits per heavy atom. The third-order valence-corrected chi connectivity index (χ3v) is 4.51. The molecule has 106 valence electrons. The van der Waals surface area contributed by atoms with Crippen LogP contribution in [-0.2, 0) is 5.60 Å². The van der Waals surface area contributed by atoms with Crippen LogP contribution in [0.3, 0.4) is 0 Å². The van der Waals surface area contributed by atoms with Gasteiger partial charge in [-0.1, -0.05) is 43.3 Å². The Labute approximate surface area is 121 Å². The van der Waals surface area contributed by atoms with Crippen molar-refractivity contribution in [2.24, 2.45) is 0 Å². The van der Waals surface area contributed by atoms with E-state index in [2.05, 4.69) is 54.3 Å². The van der Waals surface area contributed by atoms with Gasteiger partial charge in [-0.3, -0.25) is 0 Å². The molecule has 1 fully saturated rings. The van der Waals surface area contributed by atoms with E-state index in [4.69, 9.17) is 0 Å². The van der Waals surface area contributed by atoms with Crippen molar-refractivity contribution in [2.45, 2.75) is 31.8 Å². The molecule has 0 spiro atoms. The molecule has 1 aliphatic rings. The highest BCUT2D eigenvalue weighted by molar-refractivity contribution is 5.83. The fourth-order valence-electron chi connectivity index (χ4n) is 3.23. The van der Waals surface area contributed by atoms with Crippen LogP contribution in [0.4, 0.5) is 0 Å². The molecule has 20 heavy (non-hydrogen) atoms. The Hall–Kier alpha value is -1.38. The minimum atomic E-state index is -0.645. The molecule has 0 aliphatic carbocycles. The summed E-state index contributed by atoms with van der Waals surface area (Å²) < 4.78 is 0. The predicted octanol–water partition coefficient (Wildman–Crippen LogP) is 3.53. The van der Waals surface area contributed by atoms with E-state index < -0.39 is 5.60 Å². The molecule has 1 N–H and O–H groups in total. The Kier molecular flexibility index (Phi) is 3.77. The molecule has 2 aromatic rings. The van der Waals surface area contributed by atoms with Gasteiger partial charge < -0.3 is 10.0 Å². The first-order valence-corrected chi connectivity index (χ1v) is 7.65. The summed E-state index contributed by atoms with van der Waals surface area (Å²) in [7, 11) is 0. The molecule has 3 rings (SSSR count). The first kappa shape index (κ1) is 13.6. The third-order valence-electron chi connectivity index (χ3n) is 4.51. The van der Waals surface area contributed by atoms with Crippen molar-refractivity contribution < 1.29 is 5.11 Å². The molecule has 0 unspecified atom stereocenters. The van der Waals surface area contributed by atoms with Crippen molar-refractivity contribution in [2.75, 3.05) is 19.6 Å². The quantitative estimate of drug-likeness (QED) is 0.921. The van der Waals surface area contributed by atoms with Gasteiger partial charge in [-0.05, 0) is 48.2 Å². The van der Waals surface area contributed by atoms with Gasteiger partial charge in [0.05, 0.1) is 5.60 Å². The fraction of sp³-hybridized carbons (Fsp3) is 0.444. The summed E-state index contributed by atoms with van der Waals surface area (Å²) in [6, 6.07) is 14.7. The average molecular weight is 269 g/mol. The normalized spacial score (nSPS) is 19.3. The monoisotopic (exact) mass is 269 g/mol. The van der Waals surface area contributed by atoms with Gasteiger partial charge in [0.2, 0.25) is 0 Å². The Balaban J connectivity index is 1.83. The minimum absolute atomic E-state index is 0.645. The SMILES string of the molecule is CCCN1CCC(O)(c2ccc3ccccc3c2)CC1. The van der Waals surface area contributed by atoms with Gasteiger partial charge in [0.1, 0.15) is 0 Å². The molecule has 0 saturated carbocycles. The third kappa shape index (κ3) is 2.58. The number of hydrogen-bond donors (Lipinski definition) is 1. The second kappa shape index (κ2) is 5.55. The Morgan fingerprint density at radius 1 is 1.05 bits per heavy atom. The van der Waals surface area contributed by atoms with Crippen molar-refractivity contribution in [3.8, 4) is 0 Å². The maximum absolute atomic E-state index is 11.0. The van der Waals surface area contributed by atoms with Crippen LogP contribution in [0.2, 0.25) is 0 Å². The molecule has 1 aliphatic heterocycles. The van der Waals surface area contributed by atoms with Gasteiger partial charge in [-0.15, -0.1) is 0 Å². The molecule has 1 saturated heterocycles. The largest absolute Gasteiger partial charge is 0.385 e. The molecular weight excluding hydrogens is 246 g/mol. The van der Waals surface area contributed by atoms with E-state index in [9.17, 15) is 5.11 Å². The highest BCUT2D eigenvalue weighted by atomic mass is 16.3. The second-order valence-electron chi connectivity index (χ2n) is 5.94. The van der Waals surface area contributed by atoms with Gasteiger partial charge in [0.25, 0.3) is 0 Å². The predicted molar refractivity (Wildman–Crippen MR) is 83.8 cm³/mol. The lowest BCUT2D eigenvalue weighted by Gasteiger charge is -2.38. The Bertz CT molecular complexity index is 585. The zero-order chi connectivity index (χ0) is 14.0. The van der Waals surface area contributed by atoms with E-state index in [-0.39, 0.29) is 0 Å². The van der Waals surface area contributed by atoms with Crippen LogP contribution in [0.15, 0.2) is 42.5 Å². The molecule has 2 heteroatoms. The van der Waals surface area contributed by atoms with Gasteiger partial charge >= 0.3 is 0 Å². The zero-order valence-corrected chi connectivity index (χ0v) is 12.2. The summed E-state index contributed by atoms with van der Waals surface area (Å²) in [6.45, 7) is 5.35. The maximum Gasteiger partial charge on any atom is 0.0921 e. The minimum Gasteiger partial charge on any atom is -0.385 e. The molecular formula is C18H23NO. The first-order chi connectivity index (χ1) is 9.71. The van der Waals surface area contributed by atoms with E-state index in [1.54, 1.807) is 0 Å². The maximum atomic E-state index is 11.0. The van der Waals surface area contributed by atoms with Gasteiger partial charge in [-0.25, -0.2) is 0 Å². The van der Waals surface area contributed by atoms with Crippen molar-refractivity contribution >= 4 is 10.8 Å². The van der Waals surface area contributed by atoms with E-state index in [0.717, 1.165) is 38.0 Å². The smallest absolute Gasteiger partial charge is 0.0921 e. The van der Waals surface area contributed by atoms with E-state index >= 15 is 0 Å².